The van der Waals surface area contributed by atoms with Crippen LogP contribution in [0, 0.1) is 16.7 Å². The summed E-state index contributed by atoms with van der Waals surface area (Å²) in [6, 6.07) is 0.993. The Balaban J connectivity index is 1.87. The lowest BCUT2D eigenvalue weighted by atomic mass is 9.96. The molecule has 2 saturated heterocycles. The lowest BCUT2D eigenvalue weighted by Crippen LogP contribution is -2.52. The van der Waals surface area contributed by atoms with Gasteiger partial charge in [-0.2, -0.15) is 0 Å². The Morgan fingerprint density at radius 2 is 1.77 bits per heavy atom. The highest BCUT2D eigenvalue weighted by molar-refractivity contribution is 6.04. The van der Waals surface area contributed by atoms with Gasteiger partial charge >= 0.3 is 0 Å². The van der Waals surface area contributed by atoms with Gasteiger partial charge in [-0.15, -0.1) is 0 Å². The van der Waals surface area contributed by atoms with Crippen molar-refractivity contribution in [3.8, 4) is 0 Å². The predicted molar refractivity (Wildman–Crippen MR) is 103 cm³/mol. The molecule has 1 amide bonds. The molecule has 2 fully saturated rings. The van der Waals surface area contributed by atoms with Crippen LogP contribution in [0.4, 0.5) is 0 Å². The molecule has 0 aromatic carbocycles. The van der Waals surface area contributed by atoms with Crippen molar-refractivity contribution in [1.82, 2.24) is 15.5 Å². The second-order valence-electron chi connectivity index (χ2n) is 7.53. The Hall–Kier alpha value is -1.51. The summed E-state index contributed by atoms with van der Waals surface area (Å²) >= 11 is 0. The third-order valence-corrected chi connectivity index (χ3v) is 5.06. The fraction of sp³-hybridized carbons (Fsp3) is 0.833. The number of likely N-dealkylation sites (tertiary alicyclic amines) is 1. The smallest absolute Gasteiger partial charge is 0.232 e. The third kappa shape index (κ3) is 6.34. The van der Waals surface area contributed by atoms with Crippen molar-refractivity contribution in [2.24, 2.45) is 11.7 Å². The summed E-state index contributed by atoms with van der Waals surface area (Å²) in [6.45, 7) is 6.56. The monoisotopic (exact) mass is 366 g/mol. The zero-order chi connectivity index (χ0) is 19.1. The number of carbonyl (C=O) groups is 1. The minimum absolute atomic E-state index is 0.262. The number of ether oxygens (including phenoxy) is 1. The number of nitrogens with one attached hydrogen (secondary N) is 4. The maximum absolute atomic E-state index is 12.4. The molecular formula is C18H34N6O2. The topological polar surface area (TPSA) is 127 Å². The molecule has 0 bridgehead atoms. The average molecular weight is 367 g/mol. The number of nitrogens with two attached hydrogens (primary N) is 1. The maximum Gasteiger partial charge on any atom is 0.232 e. The van der Waals surface area contributed by atoms with Crippen LogP contribution in [0.25, 0.3) is 0 Å². The minimum Gasteiger partial charge on any atom is -0.381 e. The number of amides is 1. The normalized spacial score (nSPS) is 21.9. The number of hydrogen-bond donors (Lipinski definition) is 5. The van der Waals surface area contributed by atoms with Crippen molar-refractivity contribution in [3.05, 3.63) is 0 Å². The zero-order valence-corrected chi connectivity index (χ0v) is 16.0. The van der Waals surface area contributed by atoms with Crippen LogP contribution in [-0.2, 0) is 9.53 Å². The van der Waals surface area contributed by atoms with Crippen molar-refractivity contribution in [2.45, 2.75) is 64.2 Å². The first-order valence-corrected chi connectivity index (χ1v) is 9.64. The average Bonchev–Trinajstić information content (AvgIpc) is 2.60. The van der Waals surface area contributed by atoms with E-state index in [0.717, 1.165) is 52.0 Å². The Labute approximate surface area is 156 Å². The van der Waals surface area contributed by atoms with Crippen LogP contribution >= 0.6 is 0 Å². The van der Waals surface area contributed by atoms with Crippen LogP contribution in [0.3, 0.4) is 0 Å². The maximum atomic E-state index is 12.4. The molecule has 2 atom stereocenters. The molecule has 6 N–H and O–H groups in total. The molecule has 2 heterocycles. The standard InChI is InChI=1S/C18H34N6O2/c1-12(19)11-16(18(25)22-13(2)20)17(21)24-7-3-14(4-8-24)23-15-5-9-26-10-6-15/h13-16,19,21,23H,3-11,20H2,1-2H3,(H,22,25). The van der Waals surface area contributed by atoms with Crippen molar-refractivity contribution < 1.29 is 9.53 Å². The van der Waals surface area contributed by atoms with Gasteiger partial charge in [-0.3, -0.25) is 10.2 Å². The van der Waals surface area contributed by atoms with E-state index in [1.54, 1.807) is 13.8 Å². The summed E-state index contributed by atoms with van der Waals surface area (Å²) in [6.07, 6.45) is 3.86. The quantitative estimate of drug-likeness (QED) is 0.257. The Bertz CT molecular complexity index is 496. The summed E-state index contributed by atoms with van der Waals surface area (Å²) in [4.78, 5) is 14.4. The summed E-state index contributed by atoms with van der Waals surface area (Å²) in [5.74, 6) is -0.600. The molecule has 0 aromatic heterocycles. The van der Waals surface area contributed by atoms with Gasteiger partial charge in [0.25, 0.3) is 0 Å². The Morgan fingerprint density at radius 1 is 1.19 bits per heavy atom. The van der Waals surface area contributed by atoms with E-state index in [2.05, 4.69) is 10.6 Å². The minimum atomic E-state index is -0.640. The lowest BCUT2D eigenvalue weighted by Gasteiger charge is -2.38. The first-order valence-electron chi connectivity index (χ1n) is 9.64. The van der Waals surface area contributed by atoms with Crippen LogP contribution in [0.1, 0.15) is 46.0 Å². The van der Waals surface area contributed by atoms with E-state index in [1.165, 1.54) is 0 Å². The van der Waals surface area contributed by atoms with Gasteiger partial charge in [0.05, 0.1) is 6.17 Å². The van der Waals surface area contributed by atoms with E-state index in [1.807, 2.05) is 4.90 Å². The molecule has 8 nitrogen and oxygen atoms in total. The summed E-state index contributed by atoms with van der Waals surface area (Å²) in [5.41, 5.74) is 6.06. The van der Waals surface area contributed by atoms with E-state index >= 15 is 0 Å². The van der Waals surface area contributed by atoms with Gasteiger partial charge in [0.2, 0.25) is 5.91 Å². The van der Waals surface area contributed by atoms with E-state index < -0.39 is 12.1 Å². The van der Waals surface area contributed by atoms with Crippen LogP contribution in [-0.4, -0.2) is 66.9 Å². The molecule has 2 aliphatic rings. The van der Waals surface area contributed by atoms with E-state index in [9.17, 15) is 4.79 Å². The van der Waals surface area contributed by atoms with Gasteiger partial charge in [0.15, 0.2) is 0 Å². The second kappa shape index (κ2) is 9.99. The van der Waals surface area contributed by atoms with Crippen molar-refractivity contribution in [1.29, 1.82) is 10.8 Å². The number of carbonyl (C=O) groups excluding carboxylic acids is 1. The SMILES string of the molecule is CC(=N)CC(C(=N)N1CCC(NC2CCOCC2)CC1)C(=O)NC(C)N. The Morgan fingerprint density at radius 3 is 2.31 bits per heavy atom. The van der Waals surface area contributed by atoms with Gasteiger partial charge in [-0.1, -0.05) is 0 Å². The van der Waals surface area contributed by atoms with Crippen LogP contribution < -0.4 is 16.4 Å². The number of amidine groups is 1. The van der Waals surface area contributed by atoms with E-state index in [4.69, 9.17) is 21.3 Å². The number of rotatable bonds is 7. The molecule has 2 unspecified atom stereocenters. The van der Waals surface area contributed by atoms with Gasteiger partial charge in [0.1, 0.15) is 11.8 Å². The fourth-order valence-electron chi connectivity index (χ4n) is 3.65. The van der Waals surface area contributed by atoms with Gasteiger partial charge in [-0.05, 0) is 39.5 Å². The molecule has 148 valence electrons. The van der Waals surface area contributed by atoms with Gasteiger partial charge in [0, 0.05) is 50.5 Å². The molecule has 0 saturated carbocycles. The first-order chi connectivity index (χ1) is 12.4. The fourth-order valence-corrected chi connectivity index (χ4v) is 3.65. The molecular weight excluding hydrogens is 332 g/mol. The van der Waals surface area contributed by atoms with Crippen molar-refractivity contribution >= 4 is 17.5 Å². The van der Waals surface area contributed by atoms with Crippen LogP contribution in [0.5, 0.6) is 0 Å². The molecule has 0 aromatic rings. The summed E-state index contributed by atoms with van der Waals surface area (Å²) < 4.78 is 5.40. The molecule has 8 heteroatoms. The van der Waals surface area contributed by atoms with E-state index in [-0.39, 0.29) is 12.3 Å². The Kier molecular flexibility index (Phi) is 7.99. The summed E-state index contributed by atoms with van der Waals surface area (Å²) in [5, 5.41) is 22.7. The molecule has 0 spiro atoms. The third-order valence-electron chi connectivity index (χ3n) is 5.06. The van der Waals surface area contributed by atoms with E-state index in [0.29, 0.717) is 23.6 Å². The molecule has 26 heavy (non-hydrogen) atoms. The molecule has 2 rings (SSSR count). The molecule has 0 aliphatic carbocycles. The highest BCUT2D eigenvalue weighted by Gasteiger charge is 2.31. The lowest BCUT2D eigenvalue weighted by molar-refractivity contribution is -0.123. The van der Waals surface area contributed by atoms with Gasteiger partial charge < -0.3 is 31.4 Å². The van der Waals surface area contributed by atoms with Crippen LogP contribution in [0.2, 0.25) is 0 Å². The first kappa shape index (κ1) is 20.8. The van der Waals surface area contributed by atoms with Crippen LogP contribution in [0.15, 0.2) is 0 Å². The summed E-state index contributed by atoms with van der Waals surface area (Å²) in [7, 11) is 0. The number of piperidine rings is 1. The number of hydrogen-bond acceptors (Lipinski definition) is 6. The van der Waals surface area contributed by atoms with Gasteiger partial charge in [-0.25, -0.2) is 0 Å². The zero-order valence-electron chi connectivity index (χ0n) is 16.0. The largest absolute Gasteiger partial charge is 0.381 e. The van der Waals surface area contributed by atoms with Crippen molar-refractivity contribution in [2.75, 3.05) is 26.3 Å². The highest BCUT2D eigenvalue weighted by atomic mass is 16.5. The predicted octanol–water partition coefficient (Wildman–Crippen LogP) is 0.664. The second-order valence-corrected chi connectivity index (χ2v) is 7.53. The number of nitrogens with zero attached hydrogens (tertiary/aromatic N) is 1. The molecule has 0 radical (unpaired) electrons. The molecule has 2 aliphatic heterocycles. The highest BCUT2D eigenvalue weighted by Crippen LogP contribution is 2.18. The van der Waals surface area contributed by atoms with Crippen molar-refractivity contribution in [3.63, 3.8) is 0 Å².